The SMILES string of the molecule is CCCNC(C)(CN1CCc2ccccc2C1)C(=O)O. The Morgan fingerprint density at radius 3 is 2.75 bits per heavy atom. The molecule has 0 aromatic heterocycles. The van der Waals surface area contributed by atoms with E-state index in [0.717, 1.165) is 32.5 Å². The summed E-state index contributed by atoms with van der Waals surface area (Å²) >= 11 is 0. The number of nitrogens with zero attached hydrogens (tertiary/aromatic N) is 1. The molecule has 20 heavy (non-hydrogen) atoms. The van der Waals surface area contributed by atoms with Crippen LogP contribution in [0.25, 0.3) is 0 Å². The first-order valence-corrected chi connectivity index (χ1v) is 7.33. The predicted molar refractivity (Wildman–Crippen MR) is 79.8 cm³/mol. The van der Waals surface area contributed by atoms with Gasteiger partial charge in [-0.25, -0.2) is 0 Å². The minimum Gasteiger partial charge on any atom is -0.480 e. The topological polar surface area (TPSA) is 52.6 Å². The molecule has 1 heterocycles. The maximum Gasteiger partial charge on any atom is 0.324 e. The third-order valence-corrected chi connectivity index (χ3v) is 3.99. The number of aliphatic carboxylic acids is 1. The first-order valence-electron chi connectivity index (χ1n) is 7.33. The first kappa shape index (κ1) is 15.0. The summed E-state index contributed by atoms with van der Waals surface area (Å²) in [6, 6.07) is 8.42. The summed E-state index contributed by atoms with van der Waals surface area (Å²) in [5.41, 5.74) is 1.84. The molecular formula is C16H24N2O2. The Bertz CT molecular complexity index is 475. The molecular weight excluding hydrogens is 252 g/mol. The highest BCUT2D eigenvalue weighted by Gasteiger charge is 2.35. The van der Waals surface area contributed by atoms with E-state index in [-0.39, 0.29) is 0 Å². The van der Waals surface area contributed by atoms with Crippen LogP contribution in [0.3, 0.4) is 0 Å². The molecule has 1 aromatic carbocycles. The second-order valence-electron chi connectivity index (χ2n) is 5.79. The van der Waals surface area contributed by atoms with Crippen LogP contribution in [-0.4, -0.2) is 41.1 Å². The van der Waals surface area contributed by atoms with Crippen molar-refractivity contribution in [3.63, 3.8) is 0 Å². The Hall–Kier alpha value is -1.39. The van der Waals surface area contributed by atoms with E-state index >= 15 is 0 Å². The van der Waals surface area contributed by atoms with E-state index in [1.807, 2.05) is 13.0 Å². The molecule has 0 saturated heterocycles. The van der Waals surface area contributed by atoms with Gasteiger partial charge in [-0.05, 0) is 37.4 Å². The van der Waals surface area contributed by atoms with Crippen molar-refractivity contribution in [2.75, 3.05) is 19.6 Å². The van der Waals surface area contributed by atoms with Gasteiger partial charge in [0.05, 0.1) is 0 Å². The molecule has 0 aliphatic carbocycles. The molecule has 0 fully saturated rings. The summed E-state index contributed by atoms with van der Waals surface area (Å²) < 4.78 is 0. The van der Waals surface area contributed by atoms with Crippen molar-refractivity contribution in [2.24, 2.45) is 0 Å². The zero-order valence-electron chi connectivity index (χ0n) is 12.4. The number of nitrogens with one attached hydrogen (secondary N) is 1. The van der Waals surface area contributed by atoms with Gasteiger partial charge in [-0.1, -0.05) is 31.2 Å². The fourth-order valence-electron chi connectivity index (χ4n) is 2.74. The molecule has 4 heteroatoms. The van der Waals surface area contributed by atoms with Gasteiger partial charge in [-0.2, -0.15) is 0 Å². The molecule has 0 radical (unpaired) electrons. The molecule has 0 bridgehead atoms. The Balaban J connectivity index is 2.04. The highest BCUT2D eigenvalue weighted by molar-refractivity contribution is 5.78. The van der Waals surface area contributed by atoms with Crippen LogP contribution in [0.15, 0.2) is 24.3 Å². The fraction of sp³-hybridized carbons (Fsp3) is 0.562. The molecule has 2 N–H and O–H groups in total. The molecule has 1 atom stereocenters. The predicted octanol–water partition coefficient (Wildman–Crippen LogP) is 1.89. The zero-order valence-corrected chi connectivity index (χ0v) is 12.4. The van der Waals surface area contributed by atoms with Crippen molar-refractivity contribution in [3.8, 4) is 0 Å². The number of benzene rings is 1. The number of carboxylic acid groups (broad SMARTS) is 1. The van der Waals surface area contributed by atoms with E-state index in [1.165, 1.54) is 11.1 Å². The average Bonchev–Trinajstić information content (AvgIpc) is 2.45. The average molecular weight is 276 g/mol. The van der Waals surface area contributed by atoms with Crippen molar-refractivity contribution in [3.05, 3.63) is 35.4 Å². The van der Waals surface area contributed by atoms with Crippen LogP contribution in [0.4, 0.5) is 0 Å². The van der Waals surface area contributed by atoms with Gasteiger partial charge in [0.1, 0.15) is 5.54 Å². The van der Waals surface area contributed by atoms with Gasteiger partial charge in [0.25, 0.3) is 0 Å². The van der Waals surface area contributed by atoms with E-state index < -0.39 is 11.5 Å². The molecule has 1 aliphatic heterocycles. The zero-order chi connectivity index (χ0) is 14.6. The Kier molecular flexibility index (Phi) is 4.78. The van der Waals surface area contributed by atoms with Gasteiger partial charge in [-0.15, -0.1) is 0 Å². The summed E-state index contributed by atoms with van der Waals surface area (Å²) in [6.45, 7) is 6.86. The van der Waals surface area contributed by atoms with Gasteiger partial charge >= 0.3 is 5.97 Å². The van der Waals surface area contributed by atoms with Crippen molar-refractivity contribution in [1.29, 1.82) is 0 Å². The van der Waals surface area contributed by atoms with Crippen LogP contribution in [0.5, 0.6) is 0 Å². The Labute approximate surface area is 120 Å². The first-order chi connectivity index (χ1) is 9.55. The minimum atomic E-state index is -0.873. The van der Waals surface area contributed by atoms with Gasteiger partial charge in [0.2, 0.25) is 0 Å². The molecule has 1 aliphatic rings. The van der Waals surface area contributed by atoms with Crippen molar-refractivity contribution in [1.82, 2.24) is 10.2 Å². The van der Waals surface area contributed by atoms with Gasteiger partial charge in [-0.3, -0.25) is 9.69 Å². The van der Waals surface area contributed by atoms with Gasteiger partial charge in [0, 0.05) is 19.6 Å². The third kappa shape index (κ3) is 3.38. The maximum absolute atomic E-state index is 11.6. The van der Waals surface area contributed by atoms with E-state index in [2.05, 4.69) is 28.4 Å². The lowest BCUT2D eigenvalue weighted by molar-refractivity contribution is -0.145. The van der Waals surface area contributed by atoms with Crippen LogP contribution in [0.1, 0.15) is 31.4 Å². The van der Waals surface area contributed by atoms with Crippen LogP contribution in [0, 0.1) is 0 Å². The lowest BCUT2D eigenvalue weighted by Gasteiger charge is -2.36. The van der Waals surface area contributed by atoms with E-state index in [1.54, 1.807) is 6.92 Å². The number of fused-ring (bicyclic) bond motifs is 1. The Morgan fingerprint density at radius 1 is 1.40 bits per heavy atom. The largest absolute Gasteiger partial charge is 0.480 e. The molecule has 0 amide bonds. The summed E-state index contributed by atoms with van der Waals surface area (Å²) in [5.74, 6) is -0.773. The second-order valence-corrected chi connectivity index (χ2v) is 5.79. The van der Waals surface area contributed by atoms with E-state index in [9.17, 15) is 9.90 Å². The van der Waals surface area contributed by atoms with Crippen LogP contribution in [0.2, 0.25) is 0 Å². The smallest absolute Gasteiger partial charge is 0.324 e. The highest BCUT2D eigenvalue weighted by Crippen LogP contribution is 2.20. The molecule has 2 rings (SSSR count). The number of hydrogen-bond acceptors (Lipinski definition) is 3. The normalized spacial score (nSPS) is 18.3. The van der Waals surface area contributed by atoms with Crippen molar-refractivity contribution >= 4 is 5.97 Å². The van der Waals surface area contributed by atoms with Gasteiger partial charge < -0.3 is 10.4 Å². The number of rotatable bonds is 6. The summed E-state index contributed by atoms with van der Waals surface area (Å²) in [7, 11) is 0. The number of carboxylic acids is 1. The fourth-order valence-corrected chi connectivity index (χ4v) is 2.74. The third-order valence-electron chi connectivity index (χ3n) is 3.99. The highest BCUT2D eigenvalue weighted by atomic mass is 16.4. The van der Waals surface area contributed by atoms with Crippen LogP contribution >= 0.6 is 0 Å². The maximum atomic E-state index is 11.6. The molecule has 4 nitrogen and oxygen atoms in total. The number of carbonyl (C=O) groups is 1. The quantitative estimate of drug-likeness (QED) is 0.833. The summed E-state index contributed by atoms with van der Waals surface area (Å²) in [5, 5.41) is 12.7. The lowest BCUT2D eigenvalue weighted by atomic mass is 9.96. The lowest BCUT2D eigenvalue weighted by Crippen LogP contribution is -2.57. The summed E-state index contributed by atoms with van der Waals surface area (Å²) in [6.07, 6.45) is 1.94. The van der Waals surface area contributed by atoms with Crippen LogP contribution in [-0.2, 0) is 17.8 Å². The standard InChI is InChI=1S/C16H24N2O2/c1-3-9-17-16(2,15(19)20)12-18-10-8-13-6-4-5-7-14(13)11-18/h4-7,17H,3,8-12H2,1-2H3,(H,19,20). The Morgan fingerprint density at radius 2 is 2.10 bits per heavy atom. The molecule has 1 unspecified atom stereocenters. The summed E-state index contributed by atoms with van der Waals surface area (Å²) in [4.78, 5) is 13.8. The molecule has 110 valence electrons. The monoisotopic (exact) mass is 276 g/mol. The minimum absolute atomic E-state index is 0.538. The molecule has 0 spiro atoms. The van der Waals surface area contributed by atoms with Crippen molar-refractivity contribution in [2.45, 2.75) is 38.8 Å². The number of hydrogen-bond donors (Lipinski definition) is 2. The molecule has 1 aromatic rings. The molecule has 0 saturated carbocycles. The van der Waals surface area contributed by atoms with E-state index in [4.69, 9.17) is 0 Å². The van der Waals surface area contributed by atoms with Gasteiger partial charge in [0.15, 0.2) is 0 Å². The van der Waals surface area contributed by atoms with Crippen LogP contribution < -0.4 is 5.32 Å². The second kappa shape index (κ2) is 6.37. The van der Waals surface area contributed by atoms with Crippen molar-refractivity contribution < 1.29 is 9.90 Å². The van der Waals surface area contributed by atoms with E-state index in [0.29, 0.717) is 6.54 Å².